The third-order valence-corrected chi connectivity index (χ3v) is 4.92. The summed E-state index contributed by atoms with van der Waals surface area (Å²) in [6, 6.07) is 14.3. The predicted octanol–water partition coefficient (Wildman–Crippen LogP) is 4.90. The number of aryl methyl sites for hydroxylation is 2. The fourth-order valence-electron chi connectivity index (χ4n) is 2.50. The Hall–Kier alpha value is -1.78. The highest BCUT2D eigenvalue weighted by Gasteiger charge is 2.09. The number of halogens is 1. The smallest absolute Gasteiger partial charge is 0.223 e. The molecule has 0 saturated carbocycles. The SMILES string of the molecule is Cc1ccc(SCCCc2nc(Cl)nc3cccc(N)c23)cc1. The Labute approximate surface area is 145 Å². The minimum Gasteiger partial charge on any atom is -0.398 e. The molecule has 0 fully saturated rings. The molecule has 3 aromatic rings. The van der Waals surface area contributed by atoms with E-state index in [1.807, 2.05) is 30.0 Å². The standard InChI is InChI=1S/C18H18ClN3S/c1-12-7-9-13(10-8-12)23-11-3-6-16-17-14(20)4-2-5-15(17)21-18(19)22-16/h2,4-5,7-10H,3,6,11,20H2,1H3. The van der Waals surface area contributed by atoms with Crippen LogP contribution in [0.3, 0.4) is 0 Å². The van der Waals surface area contributed by atoms with Gasteiger partial charge in [-0.05, 0) is 61.4 Å². The van der Waals surface area contributed by atoms with E-state index >= 15 is 0 Å². The molecular weight excluding hydrogens is 326 g/mol. The van der Waals surface area contributed by atoms with Crippen LogP contribution in [0.25, 0.3) is 10.9 Å². The van der Waals surface area contributed by atoms with Gasteiger partial charge in [0.25, 0.3) is 0 Å². The lowest BCUT2D eigenvalue weighted by atomic mass is 10.1. The minimum atomic E-state index is 0.282. The number of rotatable bonds is 5. The molecule has 118 valence electrons. The highest BCUT2D eigenvalue weighted by Crippen LogP contribution is 2.26. The molecule has 0 aliphatic rings. The molecule has 0 bridgehead atoms. The second-order valence-corrected chi connectivity index (χ2v) is 6.95. The van der Waals surface area contributed by atoms with Crippen LogP contribution in [0.15, 0.2) is 47.4 Å². The number of thioether (sulfide) groups is 1. The fraction of sp³-hybridized carbons (Fsp3) is 0.222. The van der Waals surface area contributed by atoms with Crippen molar-refractivity contribution in [3.05, 3.63) is 59.0 Å². The Morgan fingerprint density at radius 3 is 2.65 bits per heavy atom. The molecule has 5 heteroatoms. The van der Waals surface area contributed by atoms with Crippen LogP contribution in [-0.4, -0.2) is 15.7 Å². The maximum atomic E-state index is 6.09. The van der Waals surface area contributed by atoms with Gasteiger partial charge in [0.15, 0.2) is 0 Å². The predicted molar refractivity (Wildman–Crippen MR) is 99.2 cm³/mol. The van der Waals surface area contributed by atoms with Crippen LogP contribution in [0, 0.1) is 6.92 Å². The summed E-state index contributed by atoms with van der Waals surface area (Å²) in [5.74, 6) is 1.03. The lowest BCUT2D eigenvalue weighted by molar-refractivity contribution is 0.896. The van der Waals surface area contributed by atoms with Gasteiger partial charge in [-0.1, -0.05) is 23.8 Å². The number of hydrogen-bond acceptors (Lipinski definition) is 4. The highest BCUT2D eigenvalue weighted by atomic mass is 35.5. The van der Waals surface area contributed by atoms with Crippen LogP contribution in [-0.2, 0) is 6.42 Å². The average Bonchev–Trinajstić information content (AvgIpc) is 2.53. The summed E-state index contributed by atoms with van der Waals surface area (Å²) in [7, 11) is 0. The molecule has 0 radical (unpaired) electrons. The number of hydrogen-bond donors (Lipinski definition) is 1. The van der Waals surface area contributed by atoms with Gasteiger partial charge in [0.1, 0.15) is 0 Å². The Kier molecular flexibility index (Phi) is 5.03. The van der Waals surface area contributed by atoms with Gasteiger partial charge in [-0.25, -0.2) is 9.97 Å². The second-order valence-electron chi connectivity index (χ2n) is 5.45. The molecule has 0 atom stereocenters. The first-order chi connectivity index (χ1) is 11.1. The van der Waals surface area contributed by atoms with Gasteiger partial charge in [-0.2, -0.15) is 0 Å². The van der Waals surface area contributed by atoms with Crippen LogP contribution < -0.4 is 5.73 Å². The molecule has 0 saturated heterocycles. The quantitative estimate of drug-likeness (QED) is 0.310. The van der Waals surface area contributed by atoms with E-state index in [1.165, 1.54) is 10.5 Å². The first kappa shape index (κ1) is 16.1. The second kappa shape index (κ2) is 7.20. The van der Waals surface area contributed by atoms with E-state index in [9.17, 15) is 0 Å². The van der Waals surface area contributed by atoms with Gasteiger partial charge in [0.05, 0.1) is 11.2 Å². The number of aromatic nitrogens is 2. The van der Waals surface area contributed by atoms with E-state index < -0.39 is 0 Å². The Bertz CT molecular complexity index is 818. The number of nitrogens with zero attached hydrogens (tertiary/aromatic N) is 2. The molecule has 3 nitrogen and oxygen atoms in total. The summed E-state index contributed by atoms with van der Waals surface area (Å²) < 4.78 is 0. The number of nitrogens with two attached hydrogens (primary N) is 1. The first-order valence-electron chi connectivity index (χ1n) is 7.53. The van der Waals surface area contributed by atoms with E-state index in [0.717, 1.165) is 35.2 Å². The van der Waals surface area contributed by atoms with Gasteiger partial charge in [0, 0.05) is 16.0 Å². The van der Waals surface area contributed by atoms with Crippen LogP contribution >= 0.6 is 23.4 Å². The zero-order valence-electron chi connectivity index (χ0n) is 12.9. The Morgan fingerprint density at radius 1 is 1.09 bits per heavy atom. The van der Waals surface area contributed by atoms with Gasteiger partial charge < -0.3 is 5.73 Å². The van der Waals surface area contributed by atoms with E-state index in [-0.39, 0.29) is 5.28 Å². The highest BCUT2D eigenvalue weighted by molar-refractivity contribution is 7.99. The molecule has 0 unspecified atom stereocenters. The third kappa shape index (κ3) is 3.95. The molecule has 0 amide bonds. The van der Waals surface area contributed by atoms with Crippen molar-refractivity contribution in [2.45, 2.75) is 24.7 Å². The van der Waals surface area contributed by atoms with Crippen molar-refractivity contribution in [3.63, 3.8) is 0 Å². The molecule has 2 aromatic carbocycles. The molecule has 0 aliphatic carbocycles. The monoisotopic (exact) mass is 343 g/mol. The van der Waals surface area contributed by atoms with Gasteiger partial charge in [-0.3, -0.25) is 0 Å². The maximum absolute atomic E-state index is 6.09. The summed E-state index contributed by atoms with van der Waals surface area (Å²) in [6.45, 7) is 2.10. The summed E-state index contributed by atoms with van der Waals surface area (Å²) in [5.41, 5.74) is 9.83. The number of anilines is 1. The maximum Gasteiger partial charge on any atom is 0.223 e. The van der Waals surface area contributed by atoms with Crippen LogP contribution in [0.1, 0.15) is 17.7 Å². The summed E-state index contributed by atoms with van der Waals surface area (Å²) >= 11 is 7.89. The van der Waals surface area contributed by atoms with Crippen molar-refractivity contribution in [2.75, 3.05) is 11.5 Å². The van der Waals surface area contributed by atoms with E-state index in [2.05, 4.69) is 41.2 Å². The molecule has 0 spiro atoms. The summed E-state index contributed by atoms with van der Waals surface area (Å²) in [5, 5.41) is 1.21. The van der Waals surface area contributed by atoms with Crippen molar-refractivity contribution in [1.29, 1.82) is 0 Å². The van der Waals surface area contributed by atoms with Crippen molar-refractivity contribution in [3.8, 4) is 0 Å². The van der Waals surface area contributed by atoms with E-state index in [4.69, 9.17) is 17.3 Å². The normalized spacial score (nSPS) is 11.0. The molecule has 2 N–H and O–H groups in total. The Balaban J connectivity index is 1.68. The van der Waals surface area contributed by atoms with Crippen LogP contribution in [0.4, 0.5) is 5.69 Å². The van der Waals surface area contributed by atoms with Crippen molar-refractivity contribution in [1.82, 2.24) is 9.97 Å². The number of fused-ring (bicyclic) bond motifs is 1. The van der Waals surface area contributed by atoms with Crippen LogP contribution in [0.5, 0.6) is 0 Å². The third-order valence-electron chi connectivity index (χ3n) is 3.65. The lowest BCUT2D eigenvalue weighted by Crippen LogP contribution is -2.00. The van der Waals surface area contributed by atoms with E-state index in [0.29, 0.717) is 5.69 Å². The number of nitrogen functional groups attached to an aromatic ring is 1. The topological polar surface area (TPSA) is 51.8 Å². The van der Waals surface area contributed by atoms with Gasteiger partial charge in [-0.15, -0.1) is 11.8 Å². The van der Waals surface area contributed by atoms with Crippen molar-refractivity contribution < 1.29 is 0 Å². The van der Waals surface area contributed by atoms with Crippen LogP contribution in [0.2, 0.25) is 5.28 Å². The van der Waals surface area contributed by atoms with Gasteiger partial charge in [0.2, 0.25) is 5.28 Å². The van der Waals surface area contributed by atoms with Crippen molar-refractivity contribution in [2.24, 2.45) is 0 Å². The van der Waals surface area contributed by atoms with Crippen molar-refractivity contribution >= 4 is 40.0 Å². The zero-order valence-corrected chi connectivity index (χ0v) is 14.5. The molecule has 3 rings (SSSR count). The Morgan fingerprint density at radius 2 is 1.87 bits per heavy atom. The first-order valence-corrected chi connectivity index (χ1v) is 8.90. The molecular formula is C18H18ClN3S. The molecule has 23 heavy (non-hydrogen) atoms. The molecule has 1 aromatic heterocycles. The minimum absolute atomic E-state index is 0.282. The fourth-order valence-corrected chi connectivity index (χ4v) is 3.55. The molecule has 1 heterocycles. The largest absolute Gasteiger partial charge is 0.398 e. The summed E-state index contributed by atoms with van der Waals surface area (Å²) in [4.78, 5) is 9.93. The number of benzene rings is 2. The lowest BCUT2D eigenvalue weighted by Gasteiger charge is -2.08. The zero-order chi connectivity index (χ0) is 16.2. The molecule has 0 aliphatic heterocycles. The average molecular weight is 344 g/mol. The van der Waals surface area contributed by atoms with E-state index in [1.54, 1.807) is 0 Å². The summed E-state index contributed by atoms with van der Waals surface area (Å²) in [6.07, 6.45) is 1.85. The van der Waals surface area contributed by atoms with Gasteiger partial charge >= 0.3 is 0 Å².